The van der Waals surface area contributed by atoms with E-state index in [1.165, 1.54) is 11.3 Å². The van der Waals surface area contributed by atoms with Gasteiger partial charge in [0, 0.05) is 21.7 Å². The Labute approximate surface area is 129 Å². The smallest absolute Gasteiger partial charge is 0.263 e. The molecule has 0 spiro atoms. The minimum absolute atomic E-state index is 0.147. The number of hydrogen-bond donors (Lipinski definition) is 2. The van der Waals surface area contributed by atoms with Crippen LogP contribution in [0.2, 0.25) is 5.02 Å². The van der Waals surface area contributed by atoms with Crippen LogP contribution in [-0.2, 0) is 6.54 Å². The summed E-state index contributed by atoms with van der Waals surface area (Å²) in [5.74, 6) is -0.147. The van der Waals surface area contributed by atoms with Gasteiger partial charge in [-0.3, -0.25) is 4.79 Å². The van der Waals surface area contributed by atoms with Crippen LogP contribution in [0.5, 0.6) is 0 Å². The Morgan fingerprint density at radius 2 is 2.20 bits per heavy atom. The van der Waals surface area contributed by atoms with Crippen molar-refractivity contribution < 1.29 is 4.79 Å². The fourth-order valence-electron chi connectivity index (χ4n) is 1.91. The highest BCUT2D eigenvalue weighted by Gasteiger charge is 2.16. The maximum Gasteiger partial charge on any atom is 0.263 e. The van der Waals surface area contributed by atoms with Crippen molar-refractivity contribution in [2.45, 2.75) is 6.54 Å². The molecule has 0 unspecified atom stereocenters. The number of carbonyl (C=O) groups is 1. The third-order valence-corrected chi connectivity index (χ3v) is 5.06. The normalized spacial score (nSPS) is 10.8. The molecule has 0 bridgehead atoms. The van der Waals surface area contributed by atoms with Crippen molar-refractivity contribution in [1.82, 2.24) is 5.32 Å². The molecule has 102 valence electrons. The number of hydrogen-bond acceptors (Lipinski definition) is 4. The number of benzene rings is 1. The molecular formula is C14H11ClN2OS2. The average Bonchev–Trinajstić information content (AvgIpc) is 3.04. The quantitative estimate of drug-likeness (QED) is 0.761. The second kappa shape index (κ2) is 5.44. The summed E-state index contributed by atoms with van der Waals surface area (Å²) in [7, 11) is 0. The molecule has 0 aliphatic rings. The fourth-order valence-corrected chi connectivity index (χ4v) is 3.90. The lowest BCUT2D eigenvalue weighted by molar-refractivity contribution is 0.0956. The van der Waals surface area contributed by atoms with E-state index in [0.29, 0.717) is 22.1 Å². The van der Waals surface area contributed by atoms with Crippen molar-refractivity contribution in [3.05, 3.63) is 50.5 Å². The molecule has 3 rings (SSSR count). The van der Waals surface area contributed by atoms with Crippen molar-refractivity contribution in [3.63, 3.8) is 0 Å². The number of anilines is 1. The second-order valence-electron chi connectivity index (χ2n) is 4.30. The van der Waals surface area contributed by atoms with Gasteiger partial charge in [0.2, 0.25) is 0 Å². The van der Waals surface area contributed by atoms with Gasteiger partial charge in [-0.1, -0.05) is 11.6 Å². The molecule has 6 heteroatoms. The Kier molecular flexibility index (Phi) is 3.65. The number of fused-ring (bicyclic) bond motifs is 1. The number of carbonyl (C=O) groups excluding carboxylic acids is 1. The summed E-state index contributed by atoms with van der Waals surface area (Å²) in [5, 5.41) is 8.39. The number of halogens is 1. The minimum atomic E-state index is -0.147. The summed E-state index contributed by atoms with van der Waals surface area (Å²) in [6, 6.07) is 7.44. The molecule has 0 radical (unpaired) electrons. The van der Waals surface area contributed by atoms with Crippen molar-refractivity contribution >= 4 is 56.0 Å². The molecule has 2 aromatic heterocycles. The summed E-state index contributed by atoms with van der Waals surface area (Å²) < 4.78 is 0.927. The number of nitrogen functional groups attached to an aromatic ring is 1. The van der Waals surface area contributed by atoms with E-state index in [1.54, 1.807) is 17.4 Å². The van der Waals surface area contributed by atoms with Crippen LogP contribution in [0.15, 0.2) is 35.0 Å². The van der Waals surface area contributed by atoms with Gasteiger partial charge >= 0.3 is 0 Å². The number of amides is 1. The van der Waals surface area contributed by atoms with Gasteiger partial charge in [0.15, 0.2) is 0 Å². The molecule has 0 aliphatic carbocycles. The minimum Gasteiger partial charge on any atom is -0.397 e. The lowest BCUT2D eigenvalue weighted by Crippen LogP contribution is -2.22. The molecule has 0 fully saturated rings. The van der Waals surface area contributed by atoms with Crippen molar-refractivity contribution in [1.29, 1.82) is 0 Å². The Balaban J connectivity index is 1.85. The number of rotatable bonds is 3. The van der Waals surface area contributed by atoms with Crippen molar-refractivity contribution in [2.24, 2.45) is 0 Å². The highest BCUT2D eigenvalue weighted by molar-refractivity contribution is 7.21. The van der Waals surface area contributed by atoms with Crippen LogP contribution in [0.4, 0.5) is 5.69 Å². The van der Waals surface area contributed by atoms with E-state index < -0.39 is 0 Å². The summed E-state index contributed by atoms with van der Waals surface area (Å²) >= 11 is 8.93. The highest BCUT2D eigenvalue weighted by Crippen LogP contribution is 2.35. The first-order valence-electron chi connectivity index (χ1n) is 5.92. The molecule has 20 heavy (non-hydrogen) atoms. The third kappa shape index (κ3) is 2.52. The van der Waals surface area contributed by atoms with Gasteiger partial charge in [0.1, 0.15) is 4.88 Å². The van der Waals surface area contributed by atoms with E-state index >= 15 is 0 Å². The molecule has 0 saturated heterocycles. The van der Waals surface area contributed by atoms with E-state index in [-0.39, 0.29) is 5.91 Å². The van der Waals surface area contributed by atoms with Crippen molar-refractivity contribution in [3.8, 4) is 0 Å². The van der Waals surface area contributed by atoms with Crippen LogP contribution in [0, 0.1) is 0 Å². The molecule has 0 atom stereocenters. The monoisotopic (exact) mass is 322 g/mol. The molecule has 1 aromatic carbocycles. The van der Waals surface area contributed by atoms with Gasteiger partial charge in [-0.2, -0.15) is 11.3 Å². The zero-order chi connectivity index (χ0) is 14.1. The third-order valence-electron chi connectivity index (χ3n) is 2.93. The molecule has 3 aromatic rings. The van der Waals surface area contributed by atoms with Crippen LogP contribution < -0.4 is 11.1 Å². The number of nitrogens with two attached hydrogens (primary N) is 1. The van der Waals surface area contributed by atoms with E-state index in [2.05, 4.69) is 5.32 Å². The predicted octanol–water partition coefficient (Wildman–Crippen LogP) is 4.13. The highest BCUT2D eigenvalue weighted by atomic mass is 35.5. The van der Waals surface area contributed by atoms with Gasteiger partial charge in [-0.15, -0.1) is 11.3 Å². The summed E-state index contributed by atoms with van der Waals surface area (Å²) in [5.41, 5.74) is 7.65. The largest absolute Gasteiger partial charge is 0.397 e. The van der Waals surface area contributed by atoms with Gasteiger partial charge in [0.25, 0.3) is 5.91 Å². The molecule has 0 aliphatic heterocycles. The Morgan fingerprint density at radius 3 is 2.95 bits per heavy atom. The second-order valence-corrected chi connectivity index (χ2v) is 6.57. The first-order chi connectivity index (χ1) is 9.65. The average molecular weight is 323 g/mol. The first kappa shape index (κ1) is 13.4. The van der Waals surface area contributed by atoms with Gasteiger partial charge in [0.05, 0.1) is 5.69 Å². The van der Waals surface area contributed by atoms with Crippen LogP contribution in [0.25, 0.3) is 10.1 Å². The zero-order valence-electron chi connectivity index (χ0n) is 10.4. The maximum absolute atomic E-state index is 12.2. The van der Waals surface area contributed by atoms with Crippen LogP contribution in [0.1, 0.15) is 15.2 Å². The molecule has 1 amide bonds. The molecule has 0 saturated carbocycles. The topological polar surface area (TPSA) is 55.1 Å². The summed E-state index contributed by atoms with van der Waals surface area (Å²) in [4.78, 5) is 12.7. The Bertz CT molecular complexity index is 765. The summed E-state index contributed by atoms with van der Waals surface area (Å²) in [6.07, 6.45) is 0. The predicted molar refractivity (Wildman–Crippen MR) is 86.7 cm³/mol. The molecule has 3 nitrogen and oxygen atoms in total. The van der Waals surface area contributed by atoms with E-state index in [4.69, 9.17) is 17.3 Å². The van der Waals surface area contributed by atoms with E-state index in [9.17, 15) is 4.79 Å². The lowest BCUT2D eigenvalue weighted by Gasteiger charge is -2.02. The lowest BCUT2D eigenvalue weighted by atomic mass is 10.2. The Morgan fingerprint density at radius 1 is 1.35 bits per heavy atom. The zero-order valence-corrected chi connectivity index (χ0v) is 12.7. The van der Waals surface area contributed by atoms with Crippen LogP contribution in [0.3, 0.4) is 0 Å². The standard InChI is InChI=1S/C14H11ClN2OS2/c15-9-1-2-10-11(5-9)20-13(12(10)16)14(18)17-6-8-3-4-19-7-8/h1-5,7H,6,16H2,(H,17,18). The van der Waals surface area contributed by atoms with E-state index in [0.717, 1.165) is 15.6 Å². The molecule has 2 heterocycles. The fraction of sp³-hybridized carbons (Fsp3) is 0.0714. The van der Waals surface area contributed by atoms with Gasteiger partial charge in [-0.05, 0) is 40.6 Å². The molecular weight excluding hydrogens is 312 g/mol. The van der Waals surface area contributed by atoms with Crippen molar-refractivity contribution in [2.75, 3.05) is 5.73 Å². The maximum atomic E-state index is 12.2. The first-order valence-corrected chi connectivity index (χ1v) is 8.05. The van der Waals surface area contributed by atoms with Crippen LogP contribution >= 0.6 is 34.3 Å². The SMILES string of the molecule is Nc1c(C(=O)NCc2ccsc2)sc2cc(Cl)ccc12. The van der Waals surface area contributed by atoms with Gasteiger partial charge < -0.3 is 11.1 Å². The van der Waals surface area contributed by atoms with Crippen LogP contribution in [-0.4, -0.2) is 5.91 Å². The summed E-state index contributed by atoms with van der Waals surface area (Å²) in [6.45, 7) is 0.511. The van der Waals surface area contributed by atoms with Gasteiger partial charge in [-0.25, -0.2) is 0 Å². The molecule has 3 N–H and O–H groups in total. The number of thiophene rings is 2. The number of nitrogens with one attached hydrogen (secondary N) is 1. The Hall–Kier alpha value is -1.56. The van der Waals surface area contributed by atoms with E-state index in [1.807, 2.05) is 29.0 Å².